The number of rotatable bonds is 7. The summed E-state index contributed by atoms with van der Waals surface area (Å²) in [5.41, 5.74) is 0.819. The first kappa shape index (κ1) is 18.2. The van der Waals surface area contributed by atoms with Crippen LogP contribution in [0.1, 0.15) is 49.5 Å². The molecule has 1 aromatic carbocycles. The molecule has 0 radical (unpaired) electrons. The van der Waals surface area contributed by atoms with Crippen LogP contribution in [0.3, 0.4) is 0 Å². The topological polar surface area (TPSA) is 78.3 Å². The minimum absolute atomic E-state index is 0.0772. The molecule has 1 heterocycles. The second-order valence-electron chi connectivity index (χ2n) is 6.58. The maximum absolute atomic E-state index is 12.4. The summed E-state index contributed by atoms with van der Waals surface area (Å²) in [5, 5.41) is 11.2. The zero-order chi connectivity index (χ0) is 18.4. The SMILES string of the molecule is COc1ccc(CC(=O)NCc2nncn2C2CCCCC2)c(OC)c1. The van der Waals surface area contributed by atoms with Crippen LogP contribution < -0.4 is 14.8 Å². The van der Waals surface area contributed by atoms with Crippen molar-refractivity contribution in [3.63, 3.8) is 0 Å². The van der Waals surface area contributed by atoms with Crippen molar-refractivity contribution < 1.29 is 14.3 Å². The van der Waals surface area contributed by atoms with Gasteiger partial charge in [-0.15, -0.1) is 10.2 Å². The van der Waals surface area contributed by atoms with Gasteiger partial charge in [0, 0.05) is 17.7 Å². The molecule has 1 amide bonds. The number of aromatic nitrogens is 3. The second-order valence-corrected chi connectivity index (χ2v) is 6.58. The Balaban J connectivity index is 1.59. The highest BCUT2D eigenvalue weighted by Crippen LogP contribution is 2.28. The van der Waals surface area contributed by atoms with Crippen molar-refractivity contribution in [2.75, 3.05) is 14.2 Å². The number of hydrogen-bond donors (Lipinski definition) is 1. The summed E-state index contributed by atoms with van der Waals surface area (Å²) in [7, 11) is 3.19. The number of nitrogens with zero attached hydrogens (tertiary/aromatic N) is 3. The zero-order valence-corrected chi connectivity index (χ0v) is 15.4. The Labute approximate surface area is 153 Å². The second kappa shape index (κ2) is 8.69. The molecular weight excluding hydrogens is 332 g/mol. The lowest BCUT2D eigenvalue weighted by atomic mass is 9.95. The van der Waals surface area contributed by atoms with E-state index in [1.54, 1.807) is 26.6 Å². The summed E-state index contributed by atoms with van der Waals surface area (Å²) in [6.45, 7) is 0.383. The van der Waals surface area contributed by atoms with Crippen LogP contribution in [0.2, 0.25) is 0 Å². The van der Waals surface area contributed by atoms with E-state index in [0.29, 0.717) is 24.1 Å². The van der Waals surface area contributed by atoms with Crippen LogP contribution >= 0.6 is 0 Å². The smallest absolute Gasteiger partial charge is 0.224 e. The number of carbonyl (C=O) groups excluding carboxylic acids is 1. The molecule has 1 aromatic heterocycles. The molecule has 2 aromatic rings. The molecule has 7 nitrogen and oxygen atoms in total. The molecule has 0 saturated heterocycles. The average molecular weight is 358 g/mol. The van der Waals surface area contributed by atoms with Crippen molar-refractivity contribution in [3.8, 4) is 11.5 Å². The van der Waals surface area contributed by atoms with Crippen molar-refractivity contribution in [2.45, 2.75) is 51.1 Å². The van der Waals surface area contributed by atoms with E-state index >= 15 is 0 Å². The molecule has 0 unspecified atom stereocenters. The fourth-order valence-corrected chi connectivity index (χ4v) is 3.47. The largest absolute Gasteiger partial charge is 0.497 e. The molecule has 1 fully saturated rings. The third-order valence-corrected chi connectivity index (χ3v) is 4.90. The van der Waals surface area contributed by atoms with Crippen molar-refractivity contribution in [2.24, 2.45) is 0 Å². The predicted molar refractivity (Wildman–Crippen MR) is 97.2 cm³/mol. The van der Waals surface area contributed by atoms with Gasteiger partial charge < -0.3 is 19.4 Å². The first-order valence-electron chi connectivity index (χ1n) is 9.07. The van der Waals surface area contributed by atoms with Crippen LogP contribution in [0.25, 0.3) is 0 Å². The lowest BCUT2D eigenvalue weighted by Gasteiger charge is -2.24. The van der Waals surface area contributed by atoms with Gasteiger partial charge in [0.15, 0.2) is 5.82 Å². The van der Waals surface area contributed by atoms with Gasteiger partial charge in [0.1, 0.15) is 17.8 Å². The Morgan fingerprint density at radius 3 is 2.77 bits per heavy atom. The summed E-state index contributed by atoms with van der Waals surface area (Å²) in [6.07, 6.45) is 8.12. The fourth-order valence-electron chi connectivity index (χ4n) is 3.47. The molecule has 0 aliphatic heterocycles. The highest BCUT2D eigenvalue weighted by atomic mass is 16.5. The number of nitrogens with one attached hydrogen (secondary N) is 1. The molecule has 0 atom stereocenters. The summed E-state index contributed by atoms with van der Waals surface area (Å²) >= 11 is 0. The van der Waals surface area contributed by atoms with E-state index in [9.17, 15) is 4.79 Å². The van der Waals surface area contributed by atoms with E-state index in [4.69, 9.17) is 9.47 Å². The van der Waals surface area contributed by atoms with Gasteiger partial charge >= 0.3 is 0 Å². The number of amides is 1. The molecule has 7 heteroatoms. The average Bonchev–Trinajstić information content (AvgIpc) is 3.16. The van der Waals surface area contributed by atoms with Crippen LogP contribution in [-0.4, -0.2) is 34.9 Å². The molecule has 1 N–H and O–H groups in total. The minimum atomic E-state index is -0.0772. The number of hydrogen-bond acceptors (Lipinski definition) is 5. The van der Waals surface area contributed by atoms with E-state index < -0.39 is 0 Å². The first-order chi connectivity index (χ1) is 12.7. The van der Waals surface area contributed by atoms with Gasteiger partial charge in [-0.05, 0) is 18.9 Å². The Hall–Kier alpha value is -2.57. The molecule has 1 saturated carbocycles. The van der Waals surface area contributed by atoms with Crippen LogP contribution in [-0.2, 0) is 17.8 Å². The summed E-state index contributed by atoms with van der Waals surface area (Å²) in [4.78, 5) is 12.4. The highest BCUT2D eigenvalue weighted by Gasteiger charge is 2.19. The van der Waals surface area contributed by atoms with Gasteiger partial charge in [0.25, 0.3) is 0 Å². The molecule has 26 heavy (non-hydrogen) atoms. The molecule has 0 spiro atoms. The van der Waals surface area contributed by atoms with Crippen LogP contribution in [0.15, 0.2) is 24.5 Å². The summed E-state index contributed by atoms with van der Waals surface area (Å²) < 4.78 is 12.7. The molecule has 0 bridgehead atoms. The van der Waals surface area contributed by atoms with Gasteiger partial charge in [-0.2, -0.15) is 0 Å². The number of methoxy groups -OCH3 is 2. The molecule has 1 aliphatic carbocycles. The fraction of sp³-hybridized carbons (Fsp3) is 0.526. The minimum Gasteiger partial charge on any atom is -0.497 e. The normalized spacial score (nSPS) is 14.8. The first-order valence-corrected chi connectivity index (χ1v) is 9.07. The lowest BCUT2D eigenvalue weighted by Crippen LogP contribution is -2.27. The van der Waals surface area contributed by atoms with Crippen LogP contribution in [0, 0.1) is 0 Å². The van der Waals surface area contributed by atoms with Crippen LogP contribution in [0.4, 0.5) is 0 Å². The predicted octanol–water partition coefficient (Wildman–Crippen LogP) is 2.66. The molecular formula is C19H26N4O3. The Morgan fingerprint density at radius 1 is 1.23 bits per heavy atom. The van der Waals surface area contributed by atoms with Crippen LogP contribution in [0.5, 0.6) is 11.5 Å². The third-order valence-electron chi connectivity index (χ3n) is 4.90. The van der Waals surface area contributed by atoms with E-state index in [2.05, 4.69) is 20.1 Å². The summed E-state index contributed by atoms with van der Waals surface area (Å²) in [6, 6.07) is 5.90. The Bertz CT molecular complexity index is 738. The maximum Gasteiger partial charge on any atom is 0.224 e. The van der Waals surface area contributed by atoms with Gasteiger partial charge in [-0.3, -0.25) is 4.79 Å². The quantitative estimate of drug-likeness (QED) is 0.823. The van der Waals surface area contributed by atoms with Crippen molar-refractivity contribution in [3.05, 3.63) is 35.9 Å². The van der Waals surface area contributed by atoms with Gasteiger partial charge in [-0.25, -0.2) is 0 Å². The zero-order valence-electron chi connectivity index (χ0n) is 15.4. The van der Waals surface area contributed by atoms with Gasteiger partial charge in [0.05, 0.1) is 27.2 Å². The third kappa shape index (κ3) is 4.33. The van der Waals surface area contributed by atoms with Gasteiger partial charge in [-0.1, -0.05) is 25.3 Å². The van der Waals surface area contributed by atoms with Crippen molar-refractivity contribution in [1.82, 2.24) is 20.1 Å². The summed E-state index contributed by atoms with van der Waals surface area (Å²) in [5.74, 6) is 2.08. The molecule has 140 valence electrons. The van der Waals surface area contributed by atoms with E-state index in [0.717, 1.165) is 24.2 Å². The maximum atomic E-state index is 12.4. The standard InChI is InChI=1S/C19H26N4O3/c1-25-16-9-8-14(17(11-16)26-2)10-19(24)20-12-18-22-21-13-23(18)15-6-4-3-5-7-15/h8-9,11,13,15H,3-7,10,12H2,1-2H3,(H,20,24). The molecule has 1 aliphatic rings. The van der Waals surface area contributed by atoms with Gasteiger partial charge in [0.2, 0.25) is 5.91 Å². The van der Waals surface area contributed by atoms with E-state index in [1.165, 1.54) is 19.3 Å². The lowest BCUT2D eigenvalue weighted by molar-refractivity contribution is -0.120. The van der Waals surface area contributed by atoms with Crippen molar-refractivity contribution >= 4 is 5.91 Å². The number of ether oxygens (including phenoxy) is 2. The highest BCUT2D eigenvalue weighted by molar-refractivity contribution is 5.79. The van der Waals surface area contributed by atoms with Crippen molar-refractivity contribution in [1.29, 1.82) is 0 Å². The van der Waals surface area contributed by atoms with E-state index in [1.807, 2.05) is 12.1 Å². The van der Waals surface area contributed by atoms with E-state index in [-0.39, 0.29) is 12.3 Å². The Morgan fingerprint density at radius 2 is 2.04 bits per heavy atom. The monoisotopic (exact) mass is 358 g/mol. The number of benzene rings is 1. The molecule has 3 rings (SSSR count). The number of carbonyl (C=O) groups is 1. The Kier molecular flexibility index (Phi) is 6.09.